The van der Waals surface area contributed by atoms with Crippen LogP contribution in [-0.2, 0) is 15.9 Å². The van der Waals surface area contributed by atoms with Crippen LogP contribution in [-0.4, -0.2) is 74.7 Å². The lowest BCUT2D eigenvalue weighted by molar-refractivity contribution is -0.176. The first kappa shape index (κ1) is 26.4. The van der Waals surface area contributed by atoms with E-state index in [1.54, 1.807) is 10.8 Å². The summed E-state index contributed by atoms with van der Waals surface area (Å²) in [6.07, 6.45) is 4.95. The number of nitrogens with two attached hydrogens (primary N) is 1. The fourth-order valence-corrected chi connectivity index (χ4v) is 5.22. The molecule has 3 aromatic rings. The number of amides is 2. The van der Waals surface area contributed by atoms with Crippen LogP contribution in [0.5, 0.6) is 0 Å². The number of benzene rings is 1. The molecule has 11 heteroatoms. The molecule has 5 N–H and O–H groups in total. The van der Waals surface area contributed by atoms with Gasteiger partial charge in [0.15, 0.2) is 6.23 Å². The summed E-state index contributed by atoms with van der Waals surface area (Å²) in [6, 6.07) is 9.60. The molecular weight excluding hydrogens is 486 g/mol. The van der Waals surface area contributed by atoms with Gasteiger partial charge >= 0.3 is 6.03 Å². The smallest absolute Gasteiger partial charge is 0.319 e. The molecule has 0 radical (unpaired) electrons. The molecule has 5 atom stereocenters. The maximum Gasteiger partial charge on any atom is 0.319 e. The van der Waals surface area contributed by atoms with E-state index >= 15 is 0 Å². The summed E-state index contributed by atoms with van der Waals surface area (Å²) in [7, 11) is 0. The zero-order valence-corrected chi connectivity index (χ0v) is 21.9. The van der Waals surface area contributed by atoms with E-state index in [4.69, 9.17) is 15.2 Å². The monoisotopic (exact) mass is 523 g/mol. The first-order chi connectivity index (χ1) is 18.4. The quantitative estimate of drug-likeness (QED) is 0.314. The molecular formula is C27H37N7O4. The highest BCUT2D eigenvalue weighted by atomic mass is 16.6. The Morgan fingerprint density at radius 1 is 1.18 bits per heavy atom. The molecule has 204 valence electrons. The van der Waals surface area contributed by atoms with Crippen LogP contribution >= 0.6 is 0 Å². The van der Waals surface area contributed by atoms with Gasteiger partial charge < -0.3 is 35.5 Å². The van der Waals surface area contributed by atoms with Gasteiger partial charge in [0.2, 0.25) is 0 Å². The van der Waals surface area contributed by atoms with Gasteiger partial charge in [-0.1, -0.05) is 25.5 Å². The molecule has 38 heavy (non-hydrogen) atoms. The molecule has 4 heterocycles. The average molecular weight is 524 g/mol. The Bertz CT molecular complexity index is 1230. The molecule has 0 saturated carbocycles. The standard InChI is InChI=1S/C27H37N7O4/c1-3-4-6-18-7-9-19(10-8-18)32-27(36)29-12-5-13-33-15-21-23(37-17(33)2)22(35)26(38-21)34-14-11-20-24(28)30-16-31-25(20)34/h7-11,14,16-17,21-23,26,35H,3-6,12-13,15H2,1-2H3,(H2,28,30,31)(H2,29,32,36)/t17?,21-,22-,23-,26-/m1/s1. The number of hydrogen-bond acceptors (Lipinski definition) is 8. The normalized spacial score (nSPS) is 25.4. The number of unbranched alkanes of at least 4 members (excludes halogenated alkanes) is 1. The van der Waals surface area contributed by atoms with Crippen molar-refractivity contribution in [2.45, 2.75) is 70.3 Å². The Balaban J connectivity index is 1.09. The molecule has 2 aliphatic rings. The maximum atomic E-state index is 12.3. The summed E-state index contributed by atoms with van der Waals surface area (Å²) in [5.41, 5.74) is 8.64. The zero-order chi connectivity index (χ0) is 26.6. The lowest BCUT2D eigenvalue weighted by atomic mass is 10.1. The number of aromatic nitrogens is 3. The first-order valence-corrected chi connectivity index (χ1v) is 13.4. The summed E-state index contributed by atoms with van der Waals surface area (Å²) in [5.74, 6) is 0.386. The molecule has 2 saturated heterocycles. The highest BCUT2D eigenvalue weighted by Gasteiger charge is 2.50. The molecule has 5 rings (SSSR count). The van der Waals surface area contributed by atoms with E-state index < -0.39 is 18.4 Å². The Labute approximate surface area is 222 Å². The third-order valence-electron chi connectivity index (χ3n) is 7.34. The molecule has 2 aliphatic heterocycles. The number of carbonyl (C=O) groups excluding carboxylic acids is 1. The van der Waals surface area contributed by atoms with Gasteiger partial charge in [-0.2, -0.15) is 0 Å². The zero-order valence-electron chi connectivity index (χ0n) is 21.9. The van der Waals surface area contributed by atoms with Crippen LogP contribution in [0.25, 0.3) is 11.0 Å². The first-order valence-electron chi connectivity index (χ1n) is 13.4. The molecule has 2 fully saturated rings. The number of aliphatic hydroxyl groups is 1. The van der Waals surface area contributed by atoms with Crippen LogP contribution < -0.4 is 16.4 Å². The minimum atomic E-state index is -0.845. The SMILES string of the molecule is CCCCc1ccc(NC(=O)NCCCN2C[C@H]3O[C@@H](n4ccc5c(N)ncnc54)[C@H](O)[C@@H]3OC2C)cc1. The number of nitrogens with zero attached hydrogens (tertiary/aromatic N) is 4. The third kappa shape index (κ3) is 5.60. The van der Waals surface area contributed by atoms with Gasteiger partial charge in [-0.25, -0.2) is 14.8 Å². The number of aryl methyl sites for hydroxylation is 1. The van der Waals surface area contributed by atoms with E-state index in [0.717, 1.165) is 36.9 Å². The Morgan fingerprint density at radius 2 is 2.00 bits per heavy atom. The largest absolute Gasteiger partial charge is 0.386 e. The Morgan fingerprint density at radius 3 is 2.79 bits per heavy atom. The lowest BCUT2D eigenvalue weighted by Crippen LogP contribution is -2.54. The number of nitrogens with one attached hydrogen (secondary N) is 2. The van der Waals surface area contributed by atoms with Gasteiger partial charge in [-0.3, -0.25) is 4.90 Å². The van der Waals surface area contributed by atoms with Crippen molar-refractivity contribution in [3.8, 4) is 0 Å². The van der Waals surface area contributed by atoms with E-state index in [0.29, 0.717) is 24.6 Å². The van der Waals surface area contributed by atoms with Gasteiger partial charge in [-0.05, 0) is 49.9 Å². The van der Waals surface area contributed by atoms with Crippen molar-refractivity contribution >= 4 is 28.6 Å². The number of ether oxygens (including phenoxy) is 2. The molecule has 2 amide bonds. The van der Waals surface area contributed by atoms with Crippen LogP contribution in [0.3, 0.4) is 0 Å². The fraction of sp³-hybridized carbons (Fsp3) is 0.519. The van der Waals surface area contributed by atoms with Crippen molar-refractivity contribution in [1.29, 1.82) is 0 Å². The third-order valence-corrected chi connectivity index (χ3v) is 7.34. The van der Waals surface area contributed by atoms with Crippen molar-refractivity contribution in [3.63, 3.8) is 0 Å². The van der Waals surface area contributed by atoms with Gasteiger partial charge in [0, 0.05) is 31.5 Å². The number of anilines is 2. The summed E-state index contributed by atoms with van der Waals surface area (Å²) >= 11 is 0. The van der Waals surface area contributed by atoms with Crippen LogP contribution in [0.4, 0.5) is 16.3 Å². The minimum absolute atomic E-state index is 0.187. The van der Waals surface area contributed by atoms with Gasteiger partial charge in [-0.15, -0.1) is 0 Å². The Kier molecular flexibility index (Phi) is 8.08. The molecule has 0 bridgehead atoms. The lowest BCUT2D eigenvalue weighted by Gasteiger charge is -2.39. The molecule has 1 unspecified atom stereocenters. The summed E-state index contributed by atoms with van der Waals surface area (Å²) < 4.78 is 14.2. The number of carbonyl (C=O) groups is 1. The van der Waals surface area contributed by atoms with Crippen molar-refractivity contribution in [2.75, 3.05) is 30.7 Å². The molecule has 2 aromatic heterocycles. The second kappa shape index (κ2) is 11.6. The summed E-state index contributed by atoms with van der Waals surface area (Å²) in [5, 5.41) is 17.5. The summed E-state index contributed by atoms with van der Waals surface area (Å²) in [4.78, 5) is 22.8. The van der Waals surface area contributed by atoms with Gasteiger partial charge in [0.25, 0.3) is 0 Å². The Hall–Kier alpha value is -3.25. The topological polar surface area (TPSA) is 140 Å². The number of hydrogen-bond donors (Lipinski definition) is 4. The van der Waals surface area contributed by atoms with E-state index in [1.807, 2.05) is 25.1 Å². The number of aliphatic hydroxyl groups excluding tert-OH is 1. The molecule has 1 aromatic carbocycles. The molecule has 0 spiro atoms. The number of fused-ring (bicyclic) bond motifs is 2. The average Bonchev–Trinajstić information content (AvgIpc) is 3.48. The van der Waals surface area contributed by atoms with Crippen LogP contribution in [0.1, 0.15) is 44.9 Å². The number of rotatable bonds is 9. The second-order valence-corrected chi connectivity index (χ2v) is 10.0. The van der Waals surface area contributed by atoms with E-state index in [1.165, 1.54) is 18.3 Å². The van der Waals surface area contributed by atoms with Crippen molar-refractivity contribution in [3.05, 3.63) is 48.4 Å². The minimum Gasteiger partial charge on any atom is -0.386 e. The van der Waals surface area contributed by atoms with Crippen LogP contribution in [0, 0.1) is 0 Å². The predicted octanol–water partition coefficient (Wildman–Crippen LogP) is 2.87. The number of urea groups is 1. The van der Waals surface area contributed by atoms with E-state index in [9.17, 15) is 9.90 Å². The molecule has 0 aliphatic carbocycles. The van der Waals surface area contributed by atoms with E-state index in [2.05, 4.69) is 44.6 Å². The molecule has 11 nitrogen and oxygen atoms in total. The summed E-state index contributed by atoms with van der Waals surface area (Å²) in [6.45, 7) is 6.02. The highest BCUT2D eigenvalue weighted by Crippen LogP contribution is 2.37. The maximum absolute atomic E-state index is 12.3. The van der Waals surface area contributed by atoms with E-state index in [-0.39, 0.29) is 18.4 Å². The van der Waals surface area contributed by atoms with Crippen molar-refractivity contribution in [2.24, 2.45) is 0 Å². The van der Waals surface area contributed by atoms with Crippen molar-refractivity contribution in [1.82, 2.24) is 24.8 Å². The number of nitrogen functional groups attached to an aromatic ring is 1. The van der Waals surface area contributed by atoms with Crippen molar-refractivity contribution < 1.29 is 19.4 Å². The fourth-order valence-electron chi connectivity index (χ4n) is 5.22. The predicted molar refractivity (Wildman–Crippen MR) is 144 cm³/mol. The van der Waals surface area contributed by atoms with Gasteiger partial charge in [0.05, 0.1) is 5.39 Å². The highest BCUT2D eigenvalue weighted by molar-refractivity contribution is 5.89. The van der Waals surface area contributed by atoms with Crippen LogP contribution in [0.15, 0.2) is 42.9 Å². The van der Waals surface area contributed by atoms with Crippen LogP contribution in [0.2, 0.25) is 0 Å². The van der Waals surface area contributed by atoms with Gasteiger partial charge in [0.1, 0.15) is 42.3 Å². The second-order valence-electron chi connectivity index (χ2n) is 10.0.